The second-order valence-corrected chi connectivity index (χ2v) is 3.64. The third kappa shape index (κ3) is 2.69. The van der Waals surface area contributed by atoms with Crippen molar-refractivity contribution in [2.75, 3.05) is 0 Å². The first kappa shape index (κ1) is 11.5. The standard InChI is InChI=1S/C12H10.C3H8/c1-9-7-8-10(2)12-6-4-3-5-11(9)12;1-3-2/h3-8H,1-2H2;3H2,1-2H3. The second-order valence-electron chi connectivity index (χ2n) is 3.64. The van der Waals surface area contributed by atoms with Crippen molar-refractivity contribution in [1.29, 1.82) is 0 Å². The predicted molar refractivity (Wildman–Crippen MR) is 70.2 cm³/mol. The average Bonchev–Trinajstić information content (AvgIpc) is 2.25. The average molecular weight is 198 g/mol. The van der Waals surface area contributed by atoms with Crippen LogP contribution in [0.3, 0.4) is 0 Å². The number of fused-ring (bicyclic) bond motifs is 1. The maximum atomic E-state index is 3.96. The van der Waals surface area contributed by atoms with Gasteiger partial charge in [0.05, 0.1) is 0 Å². The minimum Gasteiger partial charge on any atom is -0.0911 e. The van der Waals surface area contributed by atoms with Crippen LogP contribution in [0.5, 0.6) is 0 Å². The van der Waals surface area contributed by atoms with Crippen LogP contribution in [0.4, 0.5) is 0 Å². The van der Waals surface area contributed by atoms with E-state index in [4.69, 9.17) is 0 Å². The first-order valence-corrected chi connectivity index (χ1v) is 5.36. The van der Waals surface area contributed by atoms with Gasteiger partial charge in [0.2, 0.25) is 0 Å². The Morgan fingerprint density at radius 3 is 1.47 bits per heavy atom. The highest BCUT2D eigenvalue weighted by Crippen LogP contribution is 2.02. The Morgan fingerprint density at radius 1 is 0.800 bits per heavy atom. The molecule has 2 aromatic carbocycles. The Hall–Kier alpha value is -1.56. The van der Waals surface area contributed by atoms with Gasteiger partial charge in [0.1, 0.15) is 0 Å². The van der Waals surface area contributed by atoms with Gasteiger partial charge in [0.15, 0.2) is 0 Å². The molecule has 0 atom stereocenters. The molecule has 0 saturated heterocycles. The second kappa shape index (κ2) is 5.35. The molecule has 2 aromatic rings. The summed E-state index contributed by atoms with van der Waals surface area (Å²) in [6, 6.07) is 12.2. The fraction of sp³-hybridized carbons (Fsp3) is 0.200. The molecule has 0 aromatic heterocycles. The van der Waals surface area contributed by atoms with Gasteiger partial charge < -0.3 is 0 Å². The van der Waals surface area contributed by atoms with E-state index in [0.717, 1.165) is 10.4 Å². The van der Waals surface area contributed by atoms with Gasteiger partial charge in [0, 0.05) is 0 Å². The molecular weight excluding hydrogens is 180 g/mol. The molecule has 0 aliphatic carbocycles. The van der Waals surface area contributed by atoms with Gasteiger partial charge >= 0.3 is 0 Å². The summed E-state index contributed by atoms with van der Waals surface area (Å²) in [4.78, 5) is 0. The van der Waals surface area contributed by atoms with E-state index in [1.54, 1.807) is 0 Å². The zero-order valence-corrected chi connectivity index (χ0v) is 9.59. The Labute approximate surface area is 91.6 Å². The van der Waals surface area contributed by atoms with Crippen molar-refractivity contribution in [2.24, 2.45) is 0 Å². The lowest BCUT2D eigenvalue weighted by atomic mass is 10.1. The van der Waals surface area contributed by atoms with Crippen LogP contribution in [0.2, 0.25) is 0 Å². The first-order valence-electron chi connectivity index (χ1n) is 5.36. The lowest BCUT2D eigenvalue weighted by molar-refractivity contribution is 1.09. The fourth-order valence-corrected chi connectivity index (χ4v) is 1.42. The number of benzene rings is 2. The summed E-state index contributed by atoms with van der Waals surface area (Å²) in [5.74, 6) is 0. The van der Waals surface area contributed by atoms with Gasteiger partial charge in [-0.1, -0.05) is 69.8 Å². The molecule has 0 saturated carbocycles. The maximum absolute atomic E-state index is 3.96. The van der Waals surface area contributed by atoms with E-state index in [1.165, 1.54) is 17.2 Å². The number of hydrogen-bond acceptors (Lipinski definition) is 0. The minimum absolute atomic E-state index is 1.07. The van der Waals surface area contributed by atoms with Crippen LogP contribution in [0.25, 0.3) is 23.9 Å². The predicted octanol–water partition coefficient (Wildman–Crippen LogP) is 3.08. The van der Waals surface area contributed by atoms with Gasteiger partial charge in [-0.25, -0.2) is 0 Å². The zero-order chi connectivity index (χ0) is 11.3. The van der Waals surface area contributed by atoms with Crippen LogP contribution < -0.4 is 10.4 Å². The summed E-state index contributed by atoms with van der Waals surface area (Å²) in [6.45, 7) is 12.2. The summed E-state index contributed by atoms with van der Waals surface area (Å²) in [5.41, 5.74) is 0. The van der Waals surface area contributed by atoms with E-state index < -0.39 is 0 Å². The Morgan fingerprint density at radius 2 is 1.13 bits per heavy atom. The molecule has 0 nitrogen and oxygen atoms in total. The van der Waals surface area contributed by atoms with Gasteiger partial charge in [-0.05, 0) is 21.2 Å². The van der Waals surface area contributed by atoms with Gasteiger partial charge in [-0.2, -0.15) is 0 Å². The van der Waals surface area contributed by atoms with Gasteiger partial charge in [-0.15, -0.1) is 0 Å². The number of hydrogen-bond donors (Lipinski definition) is 0. The van der Waals surface area contributed by atoms with E-state index in [2.05, 4.69) is 39.1 Å². The molecule has 78 valence electrons. The Kier molecular flexibility index (Phi) is 4.11. The van der Waals surface area contributed by atoms with E-state index in [0.29, 0.717) is 0 Å². The summed E-state index contributed by atoms with van der Waals surface area (Å²) >= 11 is 0. The summed E-state index contributed by atoms with van der Waals surface area (Å²) in [6.07, 6.45) is 1.25. The largest absolute Gasteiger partial charge is 0.0911 e. The summed E-state index contributed by atoms with van der Waals surface area (Å²) < 4.78 is 0. The van der Waals surface area contributed by atoms with Crippen LogP contribution in [-0.2, 0) is 0 Å². The third-order valence-electron chi connectivity index (χ3n) is 2.10. The van der Waals surface area contributed by atoms with Crippen LogP contribution in [0, 0.1) is 0 Å². The van der Waals surface area contributed by atoms with Crippen molar-refractivity contribution in [3.05, 3.63) is 46.8 Å². The van der Waals surface area contributed by atoms with Crippen LogP contribution in [0.15, 0.2) is 36.4 Å². The molecule has 0 fully saturated rings. The third-order valence-corrected chi connectivity index (χ3v) is 2.10. The molecule has 0 radical (unpaired) electrons. The lowest BCUT2D eigenvalue weighted by Crippen LogP contribution is -2.07. The zero-order valence-electron chi connectivity index (χ0n) is 9.59. The molecule has 2 rings (SSSR count). The molecule has 0 N–H and O–H groups in total. The number of rotatable bonds is 0. The molecule has 0 unspecified atom stereocenters. The fourth-order valence-electron chi connectivity index (χ4n) is 1.42. The minimum atomic E-state index is 1.07. The Balaban J connectivity index is 0.000000337. The molecule has 0 spiro atoms. The van der Waals surface area contributed by atoms with Gasteiger partial charge in [0.25, 0.3) is 0 Å². The lowest BCUT2D eigenvalue weighted by Gasteiger charge is -1.96. The smallest absolute Gasteiger partial charge is 0.0112 e. The van der Waals surface area contributed by atoms with E-state index in [9.17, 15) is 0 Å². The maximum Gasteiger partial charge on any atom is -0.0112 e. The summed E-state index contributed by atoms with van der Waals surface area (Å²) in [7, 11) is 0. The monoisotopic (exact) mass is 198 g/mol. The molecule has 0 heterocycles. The molecule has 0 aliphatic heterocycles. The van der Waals surface area contributed by atoms with Gasteiger partial charge in [-0.3, -0.25) is 0 Å². The highest BCUT2D eigenvalue weighted by atomic mass is 14.0. The first-order chi connectivity index (χ1) is 7.20. The molecule has 15 heavy (non-hydrogen) atoms. The highest BCUT2D eigenvalue weighted by Gasteiger charge is 1.91. The van der Waals surface area contributed by atoms with E-state index >= 15 is 0 Å². The van der Waals surface area contributed by atoms with E-state index in [-0.39, 0.29) is 0 Å². The van der Waals surface area contributed by atoms with Crippen molar-refractivity contribution >= 4 is 23.9 Å². The highest BCUT2D eigenvalue weighted by molar-refractivity contribution is 5.83. The Bertz CT molecular complexity index is 475. The summed E-state index contributed by atoms with van der Waals surface area (Å²) in [5, 5.41) is 4.53. The topological polar surface area (TPSA) is 0 Å². The molecule has 0 heteroatoms. The van der Waals surface area contributed by atoms with Crippen molar-refractivity contribution in [3.8, 4) is 0 Å². The normalized spacial score (nSPS) is 9.47. The molecule has 0 aliphatic rings. The van der Waals surface area contributed by atoms with Crippen LogP contribution >= 0.6 is 0 Å². The quantitative estimate of drug-likeness (QED) is 0.610. The molecular formula is C15H18. The molecule has 0 amide bonds. The van der Waals surface area contributed by atoms with Crippen LogP contribution in [-0.4, -0.2) is 0 Å². The SMILES string of the molecule is C=c1ccc(=C)c2ccccc12.CCC. The van der Waals surface area contributed by atoms with Crippen molar-refractivity contribution in [2.45, 2.75) is 20.3 Å². The van der Waals surface area contributed by atoms with Crippen LogP contribution in [0.1, 0.15) is 20.3 Å². The van der Waals surface area contributed by atoms with E-state index in [1.807, 2.05) is 24.3 Å². The van der Waals surface area contributed by atoms with Crippen molar-refractivity contribution < 1.29 is 0 Å². The van der Waals surface area contributed by atoms with Crippen molar-refractivity contribution in [3.63, 3.8) is 0 Å². The van der Waals surface area contributed by atoms with Crippen molar-refractivity contribution in [1.82, 2.24) is 0 Å². The molecule has 0 bridgehead atoms.